The summed E-state index contributed by atoms with van der Waals surface area (Å²) in [5.41, 5.74) is 8.24. The van der Waals surface area contributed by atoms with Gasteiger partial charge in [-0.15, -0.1) is 0 Å². The predicted octanol–water partition coefficient (Wildman–Crippen LogP) is 10.4. The van der Waals surface area contributed by atoms with E-state index in [1.165, 1.54) is 0 Å². The van der Waals surface area contributed by atoms with Crippen molar-refractivity contribution >= 4 is 49.8 Å². The van der Waals surface area contributed by atoms with Crippen molar-refractivity contribution in [2.24, 2.45) is 0 Å². The van der Waals surface area contributed by atoms with E-state index in [0.717, 1.165) is 82.8 Å². The highest BCUT2D eigenvalue weighted by Gasteiger charge is 2.23. The monoisotopic (exact) mass is 618 g/mol. The zero-order valence-corrected chi connectivity index (χ0v) is 25.6. The second kappa shape index (κ2) is 10.5. The summed E-state index contributed by atoms with van der Waals surface area (Å²) in [6.07, 6.45) is 4.04. The van der Waals surface area contributed by atoms with Crippen LogP contribution < -0.4 is 5.32 Å². The van der Waals surface area contributed by atoms with Gasteiger partial charge in [-0.1, -0.05) is 97.1 Å². The molecule has 3 aromatic heterocycles. The number of rotatable bonds is 4. The molecule has 1 N–H and O–H groups in total. The van der Waals surface area contributed by atoms with Crippen LogP contribution in [0.3, 0.4) is 0 Å². The van der Waals surface area contributed by atoms with Gasteiger partial charge in [-0.05, 0) is 64.5 Å². The van der Waals surface area contributed by atoms with Crippen molar-refractivity contribution in [3.63, 3.8) is 0 Å². The van der Waals surface area contributed by atoms with Crippen LogP contribution in [-0.4, -0.2) is 15.0 Å². The fourth-order valence-corrected chi connectivity index (χ4v) is 6.91. The minimum Gasteiger partial charge on any atom is -0.458 e. The van der Waals surface area contributed by atoms with Crippen LogP contribution >= 0.6 is 0 Å². The first-order chi connectivity index (χ1) is 23.8. The number of aromatic nitrogens is 3. The average molecular weight is 619 g/mol. The second-order valence-electron chi connectivity index (χ2n) is 12.1. The van der Waals surface area contributed by atoms with Crippen molar-refractivity contribution in [2.45, 2.75) is 6.54 Å². The van der Waals surface area contributed by atoms with Gasteiger partial charge in [0.05, 0.1) is 6.54 Å². The van der Waals surface area contributed by atoms with Gasteiger partial charge in [0, 0.05) is 38.4 Å². The molecule has 0 saturated heterocycles. The van der Waals surface area contributed by atoms with Crippen LogP contribution in [0.5, 0.6) is 0 Å². The lowest BCUT2D eigenvalue weighted by Crippen LogP contribution is -2.08. The van der Waals surface area contributed by atoms with E-state index < -0.39 is 0 Å². The van der Waals surface area contributed by atoms with Gasteiger partial charge in [0.1, 0.15) is 22.5 Å². The Morgan fingerprint density at radius 3 is 2.19 bits per heavy atom. The molecule has 0 radical (unpaired) electrons. The predicted molar refractivity (Wildman–Crippen MR) is 192 cm³/mol. The van der Waals surface area contributed by atoms with E-state index >= 15 is 0 Å². The number of para-hydroxylation sites is 1. The largest absolute Gasteiger partial charge is 0.458 e. The van der Waals surface area contributed by atoms with Gasteiger partial charge in [0.2, 0.25) is 0 Å². The molecule has 48 heavy (non-hydrogen) atoms. The summed E-state index contributed by atoms with van der Waals surface area (Å²) in [4.78, 5) is 15.7. The highest BCUT2D eigenvalue weighted by Crippen LogP contribution is 2.41. The van der Waals surface area contributed by atoms with E-state index in [0.29, 0.717) is 24.0 Å². The Morgan fingerprint density at radius 2 is 1.27 bits per heavy atom. The van der Waals surface area contributed by atoms with E-state index in [2.05, 4.69) is 90.3 Å². The molecule has 0 fully saturated rings. The molecule has 0 spiro atoms. The minimum absolute atomic E-state index is 0.575. The van der Waals surface area contributed by atoms with Gasteiger partial charge in [0.25, 0.3) is 0 Å². The highest BCUT2D eigenvalue weighted by atomic mass is 16.3. The summed E-state index contributed by atoms with van der Waals surface area (Å²) in [5, 5.41) is 8.55. The van der Waals surface area contributed by atoms with Crippen molar-refractivity contribution in [1.82, 2.24) is 20.3 Å². The lowest BCUT2D eigenvalue weighted by Gasteiger charge is -2.12. The van der Waals surface area contributed by atoms with Gasteiger partial charge < -0.3 is 14.2 Å². The normalized spacial score (nSPS) is 12.6. The first-order valence-electron chi connectivity index (χ1n) is 16.0. The Kier molecular flexibility index (Phi) is 5.84. The molecule has 0 aliphatic carbocycles. The third-order valence-electron chi connectivity index (χ3n) is 9.17. The third-order valence-corrected chi connectivity index (χ3v) is 9.17. The molecule has 4 heterocycles. The first-order valence-corrected chi connectivity index (χ1v) is 16.0. The Bertz CT molecular complexity index is 2740. The summed E-state index contributed by atoms with van der Waals surface area (Å²) in [6.45, 7) is 0.612. The first kappa shape index (κ1) is 26.7. The number of hydrogen-bond donors (Lipinski definition) is 1. The summed E-state index contributed by atoms with van der Waals surface area (Å²) in [7, 11) is 0. The molecule has 0 bridgehead atoms. The van der Waals surface area contributed by atoms with Crippen molar-refractivity contribution in [1.29, 1.82) is 0 Å². The summed E-state index contributed by atoms with van der Waals surface area (Å²) >= 11 is 0. The Labute approximate surface area is 275 Å². The van der Waals surface area contributed by atoms with Crippen molar-refractivity contribution in [3.05, 3.63) is 145 Å². The average Bonchev–Trinajstić information content (AvgIpc) is 3.73. The van der Waals surface area contributed by atoms with Crippen molar-refractivity contribution in [3.8, 4) is 45.3 Å². The van der Waals surface area contributed by atoms with E-state index in [4.69, 9.17) is 23.8 Å². The molecule has 6 nitrogen and oxygen atoms in total. The van der Waals surface area contributed by atoms with Crippen LogP contribution in [0.1, 0.15) is 11.3 Å². The maximum Gasteiger partial charge on any atom is 0.164 e. The quantitative estimate of drug-likeness (QED) is 0.211. The molecule has 6 heteroatoms. The van der Waals surface area contributed by atoms with Crippen LogP contribution in [0.2, 0.25) is 0 Å². The van der Waals surface area contributed by atoms with Crippen LogP contribution in [-0.2, 0) is 6.54 Å². The van der Waals surface area contributed by atoms with Gasteiger partial charge in [0.15, 0.2) is 17.5 Å². The molecule has 6 aromatic carbocycles. The molecule has 0 atom stereocenters. The molecule has 9 aromatic rings. The molecule has 0 amide bonds. The summed E-state index contributed by atoms with van der Waals surface area (Å²) < 4.78 is 12.8. The van der Waals surface area contributed by atoms with Gasteiger partial charge in [-0.25, -0.2) is 15.0 Å². The zero-order valence-electron chi connectivity index (χ0n) is 25.6. The third kappa shape index (κ3) is 4.23. The van der Waals surface area contributed by atoms with Crippen LogP contribution in [0.15, 0.2) is 142 Å². The van der Waals surface area contributed by atoms with Crippen LogP contribution in [0.25, 0.3) is 95.0 Å². The van der Waals surface area contributed by atoms with Crippen LogP contribution in [0, 0.1) is 0 Å². The lowest BCUT2D eigenvalue weighted by atomic mass is 9.96. The maximum absolute atomic E-state index is 6.49. The topological polar surface area (TPSA) is 77.0 Å². The van der Waals surface area contributed by atoms with Gasteiger partial charge in [-0.2, -0.15) is 0 Å². The Morgan fingerprint density at radius 1 is 0.500 bits per heavy atom. The fraction of sp³-hybridized carbons (Fsp3) is 0.0238. The van der Waals surface area contributed by atoms with Gasteiger partial charge >= 0.3 is 0 Å². The lowest BCUT2D eigenvalue weighted by molar-refractivity contribution is 0.532. The molecule has 1 aliphatic heterocycles. The van der Waals surface area contributed by atoms with Crippen LogP contribution in [0.4, 0.5) is 0 Å². The van der Waals surface area contributed by atoms with E-state index in [9.17, 15) is 0 Å². The highest BCUT2D eigenvalue weighted by molar-refractivity contribution is 6.12. The Hall–Kier alpha value is -6.53. The Balaban J connectivity index is 1.29. The number of nitrogens with zero attached hydrogens (tertiary/aromatic N) is 3. The molecular weight excluding hydrogens is 592 g/mol. The molecule has 0 unspecified atom stereocenters. The smallest absolute Gasteiger partial charge is 0.164 e. The van der Waals surface area contributed by atoms with E-state index in [1.54, 1.807) is 0 Å². The molecular formula is C42H26N4O2. The SMILES string of the molecule is C1=Cc2c(oc3cc(-c4ccccc4)cc(-c4nc(-c5ccc6ccccc6c5)nc(-c5cccc6oc7ccccc7c56)n4)c23)CN1. The second-order valence-corrected chi connectivity index (χ2v) is 12.1. The number of furan rings is 2. The number of nitrogens with one attached hydrogen (secondary N) is 1. The maximum atomic E-state index is 6.49. The van der Waals surface area contributed by atoms with Crippen molar-refractivity contribution < 1.29 is 8.83 Å². The van der Waals surface area contributed by atoms with Gasteiger partial charge in [-0.3, -0.25) is 0 Å². The fourth-order valence-electron chi connectivity index (χ4n) is 6.91. The molecule has 226 valence electrons. The number of benzene rings is 6. The van der Waals surface area contributed by atoms with E-state index in [1.807, 2.05) is 54.7 Å². The number of hydrogen-bond acceptors (Lipinski definition) is 6. The molecule has 10 rings (SSSR count). The molecule has 1 aliphatic rings. The van der Waals surface area contributed by atoms with E-state index in [-0.39, 0.29) is 0 Å². The minimum atomic E-state index is 0.575. The molecule has 0 saturated carbocycles. The van der Waals surface area contributed by atoms with Crippen molar-refractivity contribution in [2.75, 3.05) is 0 Å². The zero-order chi connectivity index (χ0) is 31.6. The summed E-state index contributed by atoms with van der Waals surface area (Å²) in [5.74, 6) is 2.63. The summed E-state index contributed by atoms with van der Waals surface area (Å²) in [6, 6.07) is 43.5. The standard InChI is InChI=1S/C42H26N4O2/c1-2-9-25(10-3-1)29-22-33(39-31-19-20-43-24-37(31)48-36(39)23-29)42-45-40(28-18-17-26-11-4-5-12-27(26)21-28)44-41(46-42)32-14-8-16-35-38(32)30-13-6-7-15-34(30)47-35/h1-23,43H,24H2. The number of fused-ring (bicyclic) bond motifs is 7.